The normalized spacial score (nSPS) is 20.8. The van der Waals surface area contributed by atoms with Crippen LogP contribution < -0.4 is 9.62 Å². The van der Waals surface area contributed by atoms with Crippen molar-refractivity contribution in [2.75, 3.05) is 23.7 Å². The van der Waals surface area contributed by atoms with E-state index in [1.807, 2.05) is 48.5 Å². The highest BCUT2D eigenvalue weighted by Crippen LogP contribution is 2.51. The summed E-state index contributed by atoms with van der Waals surface area (Å²) in [6.45, 7) is 1.58. The first-order valence-electron chi connectivity index (χ1n) is 9.44. The van der Waals surface area contributed by atoms with Crippen molar-refractivity contribution in [3.05, 3.63) is 65.7 Å². The van der Waals surface area contributed by atoms with E-state index in [4.69, 9.17) is 4.74 Å². The van der Waals surface area contributed by atoms with Gasteiger partial charge in [-0.05, 0) is 43.1 Å². The molecule has 1 fully saturated rings. The summed E-state index contributed by atoms with van der Waals surface area (Å²) in [6, 6.07) is 16.0. The molecule has 7 heteroatoms. The van der Waals surface area contributed by atoms with Gasteiger partial charge in [-0.25, -0.2) is 13.2 Å². The maximum atomic E-state index is 13.3. The first-order valence-corrected chi connectivity index (χ1v) is 11.3. The number of rotatable bonds is 4. The molecule has 0 aliphatic carbocycles. The summed E-state index contributed by atoms with van der Waals surface area (Å²) in [7, 11) is -3.66. The number of sulfonamides is 1. The summed E-state index contributed by atoms with van der Waals surface area (Å²) in [6.07, 6.45) is 2.52. The average molecular weight is 401 g/mol. The van der Waals surface area contributed by atoms with Gasteiger partial charge >= 0.3 is 5.97 Å². The number of carbonyl (C=O) groups is 1. The van der Waals surface area contributed by atoms with E-state index in [2.05, 4.69) is 5.32 Å². The van der Waals surface area contributed by atoms with E-state index in [-0.39, 0.29) is 6.61 Å². The molecule has 4 rings (SSSR count). The van der Waals surface area contributed by atoms with Crippen LogP contribution in [0.5, 0.6) is 0 Å². The van der Waals surface area contributed by atoms with E-state index in [0.29, 0.717) is 18.5 Å². The molecule has 2 aliphatic heterocycles. The summed E-state index contributed by atoms with van der Waals surface area (Å²) in [5.41, 5.74) is 1.81. The van der Waals surface area contributed by atoms with Crippen molar-refractivity contribution in [3.63, 3.8) is 0 Å². The summed E-state index contributed by atoms with van der Waals surface area (Å²) in [5.74, 6) is -0.493. The lowest BCUT2D eigenvalue weighted by atomic mass is 9.70. The third kappa shape index (κ3) is 3.18. The monoisotopic (exact) mass is 400 g/mol. The molecule has 0 bridgehead atoms. The van der Waals surface area contributed by atoms with Gasteiger partial charge in [-0.2, -0.15) is 0 Å². The lowest BCUT2D eigenvalue weighted by molar-refractivity contribution is -0.148. The van der Waals surface area contributed by atoms with Crippen LogP contribution in [0.3, 0.4) is 0 Å². The number of hydrogen-bond acceptors (Lipinski definition) is 5. The van der Waals surface area contributed by atoms with Crippen LogP contribution in [0.4, 0.5) is 5.69 Å². The Bertz CT molecular complexity index is 969. The average Bonchev–Trinajstić information content (AvgIpc) is 2.98. The number of hydrogen-bond donors (Lipinski definition) is 1. The van der Waals surface area contributed by atoms with Crippen molar-refractivity contribution in [1.82, 2.24) is 5.32 Å². The van der Waals surface area contributed by atoms with Gasteiger partial charge in [-0.3, -0.25) is 4.31 Å². The van der Waals surface area contributed by atoms with E-state index in [0.717, 1.165) is 30.5 Å². The highest BCUT2D eigenvalue weighted by atomic mass is 32.2. The van der Waals surface area contributed by atoms with Crippen LogP contribution in [-0.4, -0.2) is 39.8 Å². The van der Waals surface area contributed by atoms with E-state index < -0.39 is 27.4 Å². The number of carbonyl (C=O) groups excluding carboxylic acids is 1. The van der Waals surface area contributed by atoms with Crippen LogP contribution in [0.1, 0.15) is 24.0 Å². The van der Waals surface area contributed by atoms with Crippen molar-refractivity contribution in [2.24, 2.45) is 0 Å². The molecule has 28 heavy (non-hydrogen) atoms. The summed E-state index contributed by atoms with van der Waals surface area (Å²) < 4.78 is 32.3. The molecule has 1 N–H and O–H groups in total. The van der Waals surface area contributed by atoms with Gasteiger partial charge in [0.1, 0.15) is 6.61 Å². The second-order valence-corrected chi connectivity index (χ2v) is 9.34. The second-order valence-electron chi connectivity index (χ2n) is 7.48. The number of nitrogens with one attached hydrogen (secondary N) is 1. The van der Waals surface area contributed by atoms with E-state index >= 15 is 0 Å². The van der Waals surface area contributed by atoms with Crippen LogP contribution in [-0.2, 0) is 31.6 Å². The Kier molecular flexibility index (Phi) is 4.89. The Morgan fingerprint density at radius 1 is 1.11 bits per heavy atom. The molecule has 1 unspecified atom stereocenters. The highest BCUT2D eigenvalue weighted by molar-refractivity contribution is 7.92. The van der Waals surface area contributed by atoms with Crippen LogP contribution in [0.15, 0.2) is 54.6 Å². The highest BCUT2D eigenvalue weighted by Gasteiger charge is 2.57. The van der Waals surface area contributed by atoms with Crippen molar-refractivity contribution >= 4 is 21.7 Å². The van der Waals surface area contributed by atoms with Crippen molar-refractivity contribution in [2.45, 2.75) is 30.9 Å². The Labute approximate surface area is 165 Å². The summed E-state index contributed by atoms with van der Waals surface area (Å²) in [5, 5.41) is 3.32. The first-order chi connectivity index (χ1) is 13.4. The molecule has 1 atom stereocenters. The molecule has 2 aromatic carbocycles. The maximum absolute atomic E-state index is 13.3. The fraction of sp³-hybridized carbons (Fsp3) is 0.381. The Balaban J connectivity index is 1.74. The standard InChI is InChI=1S/C21H24N2O4S/c1-28(25,26)23-18-10-6-5-9-17(18)21(11-13-22-14-12-21)19(23)20(24)27-15-16-7-3-2-4-8-16/h2-10,19,22H,11-15H2,1H3. The predicted octanol–water partition coefficient (Wildman–Crippen LogP) is 2.20. The largest absolute Gasteiger partial charge is 0.459 e. The number of fused-ring (bicyclic) bond motifs is 2. The molecule has 0 aromatic heterocycles. The summed E-state index contributed by atoms with van der Waals surface area (Å²) in [4.78, 5) is 13.3. The van der Waals surface area contributed by atoms with Gasteiger partial charge in [0.05, 0.1) is 11.9 Å². The van der Waals surface area contributed by atoms with E-state index in [9.17, 15) is 13.2 Å². The molecule has 1 saturated heterocycles. The molecule has 148 valence electrons. The molecule has 2 heterocycles. The molecule has 0 radical (unpaired) electrons. The molecule has 2 aliphatic rings. The Morgan fingerprint density at radius 2 is 1.75 bits per heavy atom. The number of anilines is 1. The Hall–Kier alpha value is -2.38. The van der Waals surface area contributed by atoms with Crippen LogP contribution >= 0.6 is 0 Å². The zero-order chi connectivity index (χ0) is 19.8. The number of ether oxygens (including phenoxy) is 1. The molecule has 0 amide bonds. The van der Waals surface area contributed by atoms with Crippen molar-refractivity contribution < 1.29 is 17.9 Å². The van der Waals surface area contributed by atoms with Crippen LogP contribution in [0, 0.1) is 0 Å². The lowest BCUT2D eigenvalue weighted by Gasteiger charge is -2.39. The number of benzene rings is 2. The fourth-order valence-electron chi connectivity index (χ4n) is 4.51. The molecule has 0 saturated carbocycles. The van der Waals surface area contributed by atoms with Crippen molar-refractivity contribution in [1.29, 1.82) is 0 Å². The smallest absolute Gasteiger partial charge is 0.331 e. The van der Waals surface area contributed by atoms with Crippen LogP contribution in [0.2, 0.25) is 0 Å². The Morgan fingerprint density at radius 3 is 2.43 bits per heavy atom. The van der Waals surface area contributed by atoms with Gasteiger partial charge in [0.25, 0.3) is 0 Å². The maximum Gasteiger partial charge on any atom is 0.331 e. The minimum Gasteiger partial charge on any atom is -0.459 e. The molecular weight excluding hydrogens is 376 g/mol. The SMILES string of the molecule is CS(=O)(=O)N1c2ccccc2C2(CCNCC2)C1C(=O)OCc1ccccc1. The van der Waals surface area contributed by atoms with E-state index in [1.165, 1.54) is 4.31 Å². The zero-order valence-electron chi connectivity index (χ0n) is 15.8. The van der Waals surface area contributed by atoms with Gasteiger partial charge in [0, 0.05) is 5.41 Å². The minimum atomic E-state index is -3.66. The molecule has 2 aromatic rings. The summed E-state index contributed by atoms with van der Waals surface area (Å²) >= 11 is 0. The fourth-order valence-corrected chi connectivity index (χ4v) is 5.70. The van der Waals surface area contributed by atoms with Gasteiger partial charge < -0.3 is 10.1 Å². The predicted molar refractivity (Wildman–Crippen MR) is 108 cm³/mol. The molecule has 6 nitrogen and oxygen atoms in total. The van der Waals surface area contributed by atoms with Gasteiger partial charge in [0.2, 0.25) is 10.0 Å². The van der Waals surface area contributed by atoms with Gasteiger partial charge in [-0.1, -0.05) is 48.5 Å². The third-order valence-electron chi connectivity index (χ3n) is 5.74. The first kappa shape index (κ1) is 19.0. The van der Waals surface area contributed by atoms with Gasteiger partial charge in [0.15, 0.2) is 6.04 Å². The molecule has 1 spiro atoms. The second kappa shape index (κ2) is 7.22. The van der Waals surface area contributed by atoms with Crippen LogP contribution in [0.25, 0.3) is 0 Å². The number of nitrogens with zero attached hydrogens (tertiary/aromatic N) is 1. The third-order valence-corrected chi connectivity index (χ3v) is 6.86. The minimum absolute atomic E-state index is 0.123. The number of piperidine rings is 1. The quantitative estimate of drug-likeness (QED) is 0.797. The topological polar surface area (TPSA) is 75.7 Å². The molecular formula is C21H24N2O4S. The lowest BCUT2D eigenvalue weighted by Crippen LogP contribution is -2.56. The number of para-hydroxylation sites is 1. The van der Waals surface area contributed by atoms with Crippen molar-refractivity contribution in [3.8, 4) is 0 Å². The van der Waals surface area contributed by atoms with Gasteiger partial charge in [-0.15, -0.1) is 0 Å². The zero-order valence-corrected chi connectivity index (χ0v) is 16.6. The van der Waals surface area contributed by atoms with E-state index in [1.54, 1.807) is 6.07 Å². The number of esters is 1.